The number of methoxy groups -OCH3 is 1. The molecule has 4 aromatic rings. The van der Waals surface area contributed by atoms with Crippen LogP contribution in [-0.4, -0.2) is 37.2 Å². The minimum atomic E-state index is -0.557. The molecule has 0 amide bonds. The van der Waals surface area contributed by atoms with Crippen LogP contribution in [0.4, 0.5) is 5.69 Å². The van der Waals surface area contributed by atoms with Crippen molar-refractivity contribution in [3.05, 3.63) is 74.5 Å². The van der Waals surface area contributed by atoms with Gasteiger partial charge in [0.05, 0.1) is 28.6 Å². The number of carbonyl (C=O) groups excluding carboxylic acids is 1. The second-order valence-electron chi connectivity index (χ2n) is 6.01. The molecule has 140 valence electrons. The van der Waals surface area contributed by atoms with E-state index in [4.69, 9.17) is 4.74 Å². The fourth-order valence-corrected chi connectivity index (χ4v) is 3.06. The van der Waals surface area contributed by atoms with Crippen LogP contribution in [0.5, 0.6) is 0 Å². The summed E-state index contributed by atoms with van der Waals surface area (Å²) in [7, 11) is 1.27. The number of hydrogen-bond donors (Lipinski definition) is 0. The first-order valence-corrected chi connectivity index (χ1v) is 8.15. The Labute approximate surface area is 156 Å². The molecule has 3 aromatic heterocycles. The Morgan fingerprint density at radius 1 is 1.21 bits per heavy atom. The fourth-order valence-electron chi connectivity index (χ4n) is 3.06. The topological polar surface area (TPSA) is 122 Å². The van der Waals surface area contributed by atoms with Crippen LogP contribution in [0.25, 0.3) is 22.2 Å². The van der Waals surface area contributed by atoms with Crippen LogP contribution in [0.3, 0.4) is 0 Å². The van der Waals surface area contributed by atoms with Gasteiger partial charge >= 0.3 is 5.97 Å². The molecule has 10 heteroatoms. The van der Waals surface area contributed by atoms with Crippen molar-refractivity contribution in [3.8, 4) is 5.69 Å². The number of carbonyl (C=O) groups is 1. The largest absolute Gasteiger partial charge is 0.465 e. The summed E-state index contributed by atoms with van der Waals surface area (Å²) >= 11 is 0. The SMILES string of the molecule is COC(=O)c1c(C)nn2c1ncc1c(=O)n(-c3ccc([N+](=O)[O-])cc3)ccc12. The van der Waals surface area contributed by atoms with Crippen molar-refractivity contribution >= 4 is 28.2 Å². The number of nitro groups is 1. The molecule has 0 bridgehead atoms. The van der Waals surface area contributed by atoms with Crippen LogP contribution in [0.2, 0.25) is 0 Å². The molecular formula is C18H13N5O5. The van der Waals surface area contributed by atoms with Crippen LogP contribution >= 0.6 is 0 Å². The van der Waals surface area contributed by atoms with Gasteiger partial charge in [-0.1, -0.05) is 0 Å². The maximum Gasteiger partial charge on any atom is 0.343 e. The van der Waals surface area contributed by atoms with Gasteiger partial charge in [-0.3, -0.25) is 19.5 Å². The summed E-state index contributed by atoms with van der Waals surface area (Å²) in [5.41, 5.74) is 1.49. The van der Waals surface area contributed by atoms with Crippen molar-refractivity contribution in [1.29, 1.82) is 0 Å². The zero-order valence-electron chi connectivity index (χ0n) is 14.8. The minimum Gasteiger partial charge on any atom is -0.465 e. The van der Waals surface area contributed by atoms with Gasteiger partial charge in [0.15, 0.2) is 5.65 Å². The molecule has 0 aliphatic heterocycles. The van der Waals surface area contributed by atoms with Crippen molar-refractivity contribution < 1.29 is 14.5 Å². The molecule has 0 saturated carbocycles. The highest BCUT2D eigenvalue weighted by molar-refractivity contribution is 5.98. The number of esters is 1. The number of pyridine rings is 1. The average Bonchev–Trinajstić information content (AvgIpc) is 3.04. The number of nitro benzene ring substituents is 1. The summed E-state index contributed by atoms with van der Waals surface area (Å²) in [6.07, 6.45) is 2.92. The minimum absolute atomic E-state index is 0.0664. The number of ether oxygens (including phenoxy) is 1. The molecule has 0 N–H and O–H groups in total. The van der Waals surface area contributed by atoms with E-state index in [1.165, 1.54) is 46.7 Å². The second-order valence-corrected chi connectivity index (χ2v) is 6.01. The molecule has 3 heterocycles. The van der Waals surface area contributed by atoms with Gasteiger partial charge in [0.25, 0.3) is 11.2 Å². The Morgan fingerprint density at radius 3 is 2.57 bits per heavy atom. The number of non-ortho nitro benzene ring substituents is 1. The first-order chi connectivity index (χ1) is 13.4. The lowest BCUT2D eigenvalue weighted by atomic mass is 10.2. The lowest BCUT2D eigenvalue weighted by Gasteiger charge is -2.08. The van der Waals surface area contributed by atoms with E-state index < -0.39 is 10.9 Å². The fraction of sp³-hybridized carbons (Fsp3) is 0.111. The van der Waals surface area contributed by atoms with Gasteiger partial charge in [0, 0.05) is 30.2 Å². The van der Waals surface area contributed by atoms with Crippen LogP contribution in [0.1, 0.15) is 16.1 Å². The first-order valence-electron chi connectivity index (χ1n) is 8.15. The molecule has 0 atom stereocenters. The zero-order chi connectivity index (χ0) is 20.0. The van der Waals surface area contributed by atoms with Gasteiger partial charge in [-0.05, 0) is 25.1 Å². The standard InChI is InChI=1S/C18H13N5O5/c1-10-15(18(25)28-2)16-19-9-13-14(22(16)20-10)7-8-21(17(13)24)11-3-5-12(6-4-11)23(26)27/h3-9H,1-2H3. The third-order valence-electron chi connectivity index (χ3n) is 4.42. The Balaban J connectivity index is 1.93. The Morgan fingerprint density at radius 2 is 1.93 bits per heavy atom. The average molecular weight is 379 g/mol. The molecule has 4 rings (SSSR count). The summed E-state index contributed by atoms with van der Waals surface area (Å²) in [6, 6.07) is 7.30. The summed E-state index contributed by atoms with van der Waals surface area (Å²) in [6.45, 7) is 1.66. The molecule has 0 aliphatic rings. The Hall–Kier alpha value is -4.08. The molecule has 0 unspecified atom stereocenters. The maximum absolute atomic E-state index is 12.9. The van der Waals surface area contributed by atoms with E-state index in [-0.39, 0.29) is 22.2 Å². The number of aryl methyl sites for hydroxylation is 1. The first kappa shape index (κ1) is 17.3. The van der Waals surface area contributed by atoms with Gasteiger partial charge in [-0.15, -0.1) is 0 Å². The van der Waals surface area contributed by atoms with Crippen molar-refractivity contribution in [1.82, 2.24) is 19.2 Å². The van der Waals surface area contributed by atoms with E-state index in [0.29, 0.717) is 22.5 Å². The molecular weight excluding hydrogens is 366 g/mol. The van der Waals surface area contributed by atoms with E-state index in [2.05, 4.69) is 10.1 Å². The Kier molecular flexibility index (Phi) is 3.88. The number of fused-ring (bicyclic) bond motifs is 3. The van der Waals surface area contributed by atoms with Gasteiger partial charge in [-0.2, -0.15) is 5.10 Å². The van der Waals surface area contributed by atoms with Crippen molar-refractivity contribution in [2.45, 2.75) is 6.92 Å². The van der Waals surface area contributed by atoms with Crippen LogP contribution in [0.15, 0.2) is 47.5 Å². The molecule has 1 aromatic carbocycles. The molecule has 0 fully saturated rings. The molecule has 0 spiro atoms. The van der Waals surface area contributed by atoms with Crippen LogP contribution < -0.4 is 5.56 Å². The Bertz CT molecular complexity index is 1320. The summed E-state index contributed by atoms with van der Waals surface area (Å²) in [4.78, 5) is 39.4. The van der Waals surface area contributed by atoms with Gasteiger partial charge in [-0.25, -0.2) is 14.3 Å². The lowest BCUT2D eigenvalue weighted by Crippen LogP contribution is -2.19. The predicted octanol–water partition coefficient (Wildman–Crippen LogP) is 2.04. The second kappa shape index (κ2) is 6.27. The summed E-state index contributed by atoms with van der Waals surface area (Å²) in [5, 5.41) is 15.4. The monoisotopic (exact) mass is 379 g/mol. The molecule has 0 aliphatic carbocycles. The maximum atomic E-state index is 12.9. The predicted molar refractivity (Wildman–Crippen MR) is 98.8 cm³/mol. The summed E-state index contributed by atoms with van der Waals surface area (Å²) < 4.78 is 7.56. The van der Waals surface area contributed by atoms with E-state index in [9.17, 15) is 19.7 Å². The number of rotatable bonds is 3. The number of hydrogen-bond acceptors (Lipinski definition) is 7. The lowest BCUT2D eigenvalue weighted by molar-refractivity contribution is -0.384. The van der Waals surface area contributed by atoms with Crippen molar-refractivity contribution in [2.24, 2.45) is 0 Å². The van der Waals surface area contributed by atoms with E-state index in [0.717, 1.165) is 0 Å². The quantitative estimate of drug-likeness (QED) is 0.303. The molecule has 10 nitrogen and oxygen atoms in total. The van der Waals surface area contributed by atoms with Crippen LogP contribution in [0, 0.1) is 17.0 Å². The number of benzene rings is 1. The molecule has 0 saturated heterocycles. The van der Waals surface area contributed by atoms with Crippen LogP contribution in [-0.2, 0) is 4.74 Å². The van der Waals surface area contributed by atoms with Gasteiger partial charge in [0.1, 0.15) is 5.56 Å². The van der Waals surface area contributed by atoms with E-state index >= 15 is 0 Å². The third-order valence-corrected chi connectivity index (χ3v) is 4.42. The zero-order valence-corrected chi connectivity index (χ0v) is 14.8. The van der Waals surface area contributed by atoms with Crippen molar-refractivity contribution in [2.75, 3.05) is 7.11 Å². The smallest absolute Gasteiger partial charge is 0.343 e. The van der Waals surface area contributed by atoms with Crippen molar-refractivity contribution in [3.63, 3.8) is 0 Å². The van der Waals surface area contributed by atoms with Gasteiger partial charge < -0.3 is 4.74 Å². The number of nitrogens with zero attached hydrogens (tertiary/aromatic N) is 5. The van der Waals surface area contributed by atoms with E-state index in [1.54, 1.807) is 19.2 Å². The normalized spacial score (nSPS) is 11.1. The molecule has 0 radical (unpaired) electrons. The summed E-state index contributed by atoms with van der Waals surface area (Å²) in [5.74, 6) is -0.557. The highest BCUT2D eigenvalue weighted by Crippen LogP contribution is 2.20. The highest BCUT2D eigenvalue weighted by Gasteiger charge is 2.21. The highest BCUT2D eigenvalue weighted by atomic mass is 16.6. The third kappa shape index (κ3) is 2.50. The molecule has 28 heavy (non-hydrogen) atoms. The number of aromatic nitrogens is 4. The van der Waals surface area contributed by atoms with E-state index in [1.807, 2.05) is 0 Å². The van der Waals surface area contributed by atoms with Gasteiger partial charge in [0.2, 0.25) is 0 Å².